The predicted molar refractivity (Wildman–Crippen MR) is 297 cm³/mol. The second-order valence-electron chi connectivity index (χ2n) is 19.9. The van der Waals surface area contributed by atoms with Crippen molar-refractivity contribution in [3.8, 4) is 67.3 Å². The van der Waals surface area contributed by atoms with Crippen LogP contribution >= 0.6 is 0 Å². The van der Waals surface area contributed by atoms with Crippen LogP contribution in [0.1, 0.15) is 44.5 Å². The van der Waals surface area contributed by atoms with E-state index >= 15 is 0 Å². The largest absolute Gasteiger partial charge is 0.456 e. The molecule has 0 saturated carbocycles. The first kappa shape index (κ1) is 40.3. The Kier molecular flexibility index (Phi) is 8.30. The van der Waals surface area contributed by atoms with Crippen molar-refractivity contribution in [2.45, 2.75) is 10.8 Å². The Morgan fingerprint density at radius 1 is 0.274 bits per heavy atom. The Labute approximate surface area is 422 Å². The minimum Gasteiger partial charge on any atom is -0.456 e. The molecule has 16 rings (SSSR count). The lowest BCUT2D eigenvalue weighted by Crippen LogP contribution is -2.44. The lowest BCUT2D eigenvalue weighted by molar-refractivity contribution is 0.633. The summed E-state index contributed by atoms with van der Waals surface area (Å²) in [6, 6.07) is 93.7. The molecule has 3 nitrogen and oxygen atoms in total. The SMILES string of the molecule is c1ccc(-c2cc(-c3ccc4ccccc4c3)nc(-c3cccc(-c4cccc5c4C4(c6cc7c(cc6-5)oc5ccccc57)c5ccccc5C5(c6ccccc6-c6ccccc65)c5ccccc54)c3)n2)cc1. The third kappa shape index (κ3) is 5.43. The number of para-hydroxylation sites is 1. The molecule has 0 unspecified atom stereocenters. The zero-order chi connectivity index (χ0) is 47.8. The van der Waals surface area contributed by atoms with Gasteiger partial charge in [0.1, 0.15) is 11.2 Å². The zero-order valence-corrected chi connectivity index (χ0v) is 39.6. The molecule has 0 atom stereocenters. The van der Waals surface area contributed by atoms with Gasteiger partial charge in [-0.05, 0) is 125 Å². The summed E-state index contributed by atoms with van der Waals surface area (Å²) in [5.74, 6) is 0.679. The topological polar surface area (TPSA) is 38.9 Å². The van der Waals surface area contributed by atoms with E-state index in [9.17, 15) is 0 Å². The Morgan fingerprint density at radius 2 is 0.822 bits per heavy atom. The summed E-state index contributed by atoms with van der Waals surface area (Å²) in [4.78, 5) is 10.7. The summed E-state index contributed by atoms with van der Waals surface area (Å²) in [6.07, 6.45) is 0. The second kappa shape index (κ2) is 15.0. The minimum absolute atomic E-state index is 0.556. The van der Waals surface area contributed by atoms with E-state index in [1.54, 1.807) is 0 Å². The van der Waals surface area contributed by atoms with Crippen molar-refractivity contribution in [2.24, 2.45) is 0 Å². The molecule has 2 heterocycles. The summed E-state index contributed by atoms with van der Waals surface area (Å²) < 4.78 is 6.73. The second-order valence-corrected chi connectivity index (χ2v) is 19.9. The molecule has 11 aromatic carbocycles. The fourth-order valence-electron chi connectivity index (χ4n) is 13.5. The lowest BCUT2D eigenvalue weighted by atomic mass is 9.52. The van der Waals surface area contributed by atoms with Crippen LogP contribution in [0, 0.1) is 0 Å². The van der Waals surface area contributed by atoms with Crippen LogP contribution in [-0.4, -0.2) is 9.97 Å². The van der Waals surface area contributed by atoms with Crippen LogP contribution in [-0.2, 0) is 10.8 Å². The van der Waals surface area contributed by atoms with Gasteiger partial charge >= 0.3 is 0 Å². The maximum atomic E-state index is 6.73. The highest BCUT2D eigenvalue weighted by Crippen LogP contribution is 2.68. The molecule has 3 heteroatoms. The molecule has 0 N–H and O–H groups in total. The Hall–Kier alpha value is -9.44. The van der Waals surface area contributed by atoms with E-state index < -0.39 is 10.8 Å². The number of furan rings is 1. The quantitative estimate of drug-likeness (QED) is 0.177. The monoisotopic (exact) mass is 926 g/mol. The third-order valence-corrected chi connectivity index (χ3v) is 16.3. The number of rotatable bonds is 4. The first-order chi connectivity index (χ1) is 36.2. The van der Waals surface area contributed by atoms with Gasteiger partial charge in [-0.2, -0.15) is 0 Å². The minimum atomic E-state index is -0.734. The van der Waals surface area contributed by atoms with Crippen LogP contribution in [0.15, 0.2) is 259 Å². The molecule has 2 aromatic heterocycles. The molecular formula is C70H42N2O. The molecule has 0 aliphatic heterocycles. The van der Waals surface area contributed by atoms with Gasteiger partial charge in [-0.15, -0.1) is 0 Å². The van der Waals surface area contributed by atoms with Crippen LogP contribution in [0.2, 0.25) is 0 Å². The first-order valence-electron chi connectivity index (χ1n) is 25.2. The van der Waals surface area contributed by atoms with Gasteiger partial charge in [0.15, 0.2) is 5.82 Å². The average Bonchev–Trinajstić information content (AvgIpc) is 4.23. The summed E-state index contributed by atoms with van der Waals surface area (Å²) in [7, 11) is 0. The Balaban J connectivity index is 0.980. The van der Waals surface area contributed by atoms with Gasteiger partial charge in [-0.25, -0.2) is 9.97 Å². The Bertz CT molecular complexity index is 4370. The molecule has 3 aliphatic rings. The molecule has 0 fully saturated rings. The van der Waals surface area contributed by atoms with Crippen molar-refractivity contribution < 1.29 is 4.42 Å². The molecule has 73 heavy (non-hydrogen) atoms. The summed E-state index contributed by atoms with van der Waals surface area (Å²) >= 11 is 0. The van der Waals surface area contributed by atoms with Crippen molar-refractivity contribution in [3.63, 3.8) is 0 Å². The zero-order valence-electron chi connectivity index (χ0n) is 39.6. The Morgan fingerprint density at radius 3 is 1.56 bits per heavy atom. The highest BCUT2D eigenvalue weighted by Gasteiger charge is 2.59. The number of benzene rings is 11. The summed E-state index contributed by atoms with van der Waals surface area (Å²) in [5, 5.41) is 4.61. The fourth-order valence-corrected chi connectivity index (χ4v) is 13.5. The number of aromatic nitrogens is 2. The first-order valence-corrected chi connectivity index (χ1v) is 25.2. The predicted octanol–water partition coefficient (Wildman–Crippen LogP) is 17.2. The van der Waals surface area contributed by atoms with Crippen molar-refractivity contribution in [2.75, 3.05) is 0 Å². The summed E-state index contributed by atoms with van der Waals surface area (Å²) in [5.41, 5.74) is 22.9. The van der Waals surface area contributed by atoms with E-state index in [1.165, 1.54) is 83.1 Å². The van der Waals surface area contributed by atoms with Crippen molar-refractivity contribution in [1.82, 2.24) is 9.97 Å². The number of hydrogen-bond donors (Lipinski definition) is 0. The van der Waals surface area contributed by atoms with E-state index in [4.69, 9.17) is 14.4 Å². The molecule has 3 aliphatic carbocycles. The highest BCUT2D eigenvalue weighted by atomic mass is 16.3. The van der Waals surface area contributed by atoms with Gasteiger partial charge in [0.25, 0.3) is 0 Å². The van der Waals surface area contributed by atoms with Crippen LogP contribution in [0.3, 0.4) is 0 Å². The van der Waals surface area contributed by atoms with Crippen LogP contribution in [0.25, 0.3) is 100.0 Å². The smallest absolute Gasteiger partial charge is 0.160 e. The van der Waals surface area contributed by atoms with Gasteiger partial charge in [-0.1, -0.05) is 218 Å². The maximum absolute atomic E-state index is 6.73. The highest BCUT2D eigenvalue weighted by molar-refractivity contribution is 6.09. The van der Waals surface area contributed by atoms with Crippen molar-refractivity contribution >= 4 is 32.7 Å². The van der Waals surface area contributed by atoms with Crippen molar-refractivity contribution in [3.05, 3.63) is 299 Å². The number of hydrogen-bond acceptors (Lipinski definition) is 3. The molecule has 338 valence electrons. The molecule has 0 amide bonds. The molecule has 0 bridgehead atoms. The van der Waals surface area contributed by atoms with E-state index in [0.717, 1.165) is 55.6 Å². The molecule has 13 aromatic rings. The van der Waals surface area contributed by atoms with Gasteiger partial charge in [0.2, 0.25) is 0 Å². The third-order valence-electron chi connectivity index (χ3n) is 16.3. The van der Waals surface area contributed by atoms with E-state index in [2.05, 4.69) is 255 Å². The number of nitrogens with zero attached hydrogens (tertiary/aromatic N) is 2. The van der Waals surface area contributed by atoms with E-state index in [0.29, 0.717) is 5.82 Å². The van der Waals surface area contributed by atoms with Gasteiger partial charge < -0.3 is 4.42 Å². The molecule has 0 saturated heterocycles. The van der Waals surface area contributed by atoms with Gasteiger partial charge in [0.05, 0.1) is 22.2 Å². The van der Waals surface area contributed by atoms with Crippen LogP contribution in [0.4, 0.5) is 0 Å². The molecular weight excluding hydrogens is 885 g/mol. The normalized spacial score (nSPS) is 14.0. The fraction of sp³-hybridized carbons (Fsp3) is 0.0286. The lowest BCUT2D eigenvalue weighted by Gasteiger charge is -2.49. The standard InChI is InChI=1S/C70H42N2O/c1-2-19-44(20-3-1)63-42-64(47-37-36-43-18-4-5-21-45(43)38-47)72-68(71-63)48-23-16-22-46(39-48)49-27-17-28-53-54-41-66-55(52-26-8-15-35-65(52)73-66)40-62(54)70(67(49)53)60-33-13-11-31-58(60)69(59-32-12-14-34-61(59)70)56-29-9-6-24-50(56)51-25-7-10-30-57(51)69/h1-42H. The van der Waals surface area contributed by atoms with Gasteiger partial charge in [0, 0.05) is 27.5 Å². The van der Waals surface area contributed by atoms with E-state index in [1.807, 2.05) is 0 Å². The molecule has 2 spiro atoms. The van der Waals surface area contributed by atoms with Gasteiger partial charge in [-0.3, -0.25) is 0 Å². The van der Waals surface area contributed by atoms with Crippen LogP contribution in [0.5, 0.6) is 0 Å². The van der Waals surface area contributed by atoms with Crippen LogP contribution < -0.4 is 0 Å². The van der Waals surface area contributed by atoms with E-state index in [-0.39, 0.29) is 0 Å². The maximum Gasteiger partial charge on any atom is 0.160 e. The number of fused-ring (bicyclic) bond motifs is 20. The summed E-state index contributed by atoms with van der Waals surface area (Å²) in [6.45, 7) is 0. The molecule has 0 radical (unpaired) electrons. The average molecular weight is 927 g/mol. The van der Waals surface area contributed by atoms with Crippen molar-refractivity contribution in [1.29, 1.82) is 0 Å².